The van der Waals surface area contributed by atoms with E-state index in [0.29, 0.717) is 20.8 Å². The van der Waals surface area contributed by atoms with Crippen LogP contribution < -0.4 is 5.32 Å². The van der Waals surface area contributed by atoms with Crippen molar-refractivity contribution in [2.24, 2.45) is 0 Å². The SMILES string of the molecule is Cc1ccc(Cl)cc1NC(=O)c1sc2c([N+](=O)[O-])cccc2c1Cl. The minimum absolute atomic E-state index is 0.0719. The number of halogens is 2. The van der Waals surface area contributed by atoms with Gasteiger partial charge in [-0.25, -0.2) is 0 Å². The molecule has 122 valence electrons. The van der Waals surface area contributed by atoms with Crippen molar-refractivity contribution in [3.05, 3.63) is 67.0 Å². The van der Waals surface area contributed by atoms with Crippen LogP contribution in [-0.2, 0) is 0 Å². The van der Waals surface area contributed by atoms with Crippen LogP contribution in [0, 0.1) is 17.0 Å². The van der Waals surface area contributed by atoms with Gasteiger partial charge in [-0.2, -0.15) is 0 Å². The molecule has 0 atom stereocenters. The Kier molecular flexibility index (Phi) is 4.45. The molecule has 0 fully saturated rings. The number of carbonyl (C=O) groups is 1. The first-order chi connectivity index (χ1) is 11.4. The van der Waals surface area contributed by atoms with Crippen molar-refractivity contribution < 1.29 is 9.72 Å². The molecule has 1 amide bonds. The lowest BCUT2D eigenvalue weighted by Gasteiger charge is -2.08. The molecule has 0 aliphatic carbocycles. The van der Waals surface area contributed by atoms with E-state index < -0.39 is 10.8 Å². The van der Waals surface area contributed by atoms with Gasteiger partial charge in [-0.05, 0) is 24.6 Å². The van der Waals surface area contributed by atoms with E-state index in [4.69, 9.17) is 23.2 Å². The summed E-state index contributed by atoms with van der Waals surface area (Å²) in [6.07, 6.45) is 0. The fourth-order valence-electron chi connectivity index (χ4n) is 2.27. The van der Waals surface area contributed by atoms with Gasteiger partial charge in [-0.3, -0.25) is 14.9 Å². The van der Waals surface area contributed by atoms with Crippen LogP contribution in [-0.4, -0.2) is 10.8 Å². The van der Waals surface area contributed by atoms with E-state index >= 15 is 0 Å². The highest BCUT2D eigenvalue weighted by atomic mass is 35.5. The van der Waals surface area contributed by atoms with Crippen molar-refractivity contribution in [1.29, 1.82) is 0 Å². The average Bonchev–Trinajstić information content (AvgIpc) is 2.88. The van der Waals surface area contributed by atoms with Crippen LogP contribution in [0.4, 0.5) is 11.4 Å². The molecule has 0 radical (unpaired) electrons. The summed E-state index contributed by atoms with van der Waals surface area (Å²) >= 11 is 13.2. The Bertz CT molecular complexity index is 985. The summed E-state index contributed by atoms with van der Waals surface area (Å²) in [4.78, 5) is 23.4. The summed E-state index contributed by atoms with van der Waals surface area (Å²) in [5.74, 6) is -0.430. The molecule has 0 aliphatic rings. The second-order valence-corrected chi connectivity index (χ2v) is 6.90. The molecule has 3 aromatic rings. The number of rotatable bonds is 3. The van der Waals surface area contributed by atoms with Crippen LogP contribution >= 0.6 is 34.5 Å². The lowest BCUT2D eigenvalue weighted by atomic mass is 10.2. The van der Waals surface area contributed by atoms with E-state index in [1.54, 1.807) is 30.3 Å². The molecule has 0 saturated carbocycles. The van der Waals surface area contributed by atoms with Gasteiger partial charge in [0.1, 0.15) is 9.58 Å². The number of anilines is 1. The molecule has 1 aromatic heterocycles. The molecule has 24 heavy (non-hydrogen) atoms. The third-order valence-electron chi connectivity index (χ3n) is 3.48. The Hall–Kier alpha value is -2.15. The van der Waals surface area contributed by atoms with Gasteiger partial charge >= 0.3 is 0 Å². The Morgan fingerprint density at radius 1 is 1.25 bits per heavy atom. The quantitative estimate of drug-likeness (QED) is 0.469. The standard InChI is InChI=1S/C16H10Cl2N2O3S/c1-8-5-6-9(17)7-11(8)19-16(21)15-13(18)10-3-2-4-12(20(22)23)14(10)24-15/h2-7H,1H3,(H,19,21). The second kappa shape index (κ2) is 6.39. The number of nitrogens with one attached hydrogen (secondary N) is 1. The van der Waals surface area contributed by atoms with Gasteiger partial charge in [0.15, 0.2) is 0 Å². The number of fused-ring (bicyclic) bond motifs is 1. The Labute approximate surface area is 151 Å². The molecular weight excluding hydrogens is 371 g/mol. The van der Waals surface area contributed by atoms with Gasteiger partial charge in [-0.15, -0.1) is 11.3 Å². The topological polar surface area (TPSA) is 72.2 Å². The van der Waals surface area contributed by atoms with Gasteiger partial charge < -0.3 is 5.32 Å². The summed E-state index contributed by atoms with van der Waals surface area (Å²) in [6.45, 7) is 1.84. The maximum Gasteiger partial charge on any atom is 0.287 e. The minimum atomic E-state index is -0.488. The first-order valence-corrected chi connectivity index (χ1v) is 8.38. The van der Waals surface area contributed by atoms with Crippen molar-refractivity contribution >= 4 is 61.9 Å². The molecule has 0 saturated heterocycles. The fourth-order valence-corrected chi connectivity index (χ4v) is 3.93. The van der Waals surface area contributed by atoms with Crippen molar-refractivity contribution in [3.63, 3.8) is 0 Å². The Balaban J connectivity index is 2.04. The summed E-state index contributed by atoms with van der Waals surface area (Å²) in [5.41, 5.74) is 1.34. The van der Waals surface area contributed by atoms with Gasteiger partial charge in [-0.1, -0.05) is 41.4 Å². The number of nitrogens with zero attached hydrogens (tertiary/aromatic N) is 1. The third-order valence-corrected chi connectivity index (χ3v) is 5.45. The van der Waals surface area contributed by atoms with E-state index in [0.717, 1.165) is 16.9 Å². The van der Waals surface area contributed by atoms with E-state index in [-0.39, 0.29) is 15.6 Å². The van der Waals surface area contributed by atoms with E-state index in [1.165, 1.54) is 6.07 Å². The molecular formula is C16H10Cl2N2O3S. The molecule has 8 heteroatoms. The number of amides is 1. The van der Waals surface area contributed by atoms with Crippen LogP contribution in [0.2, 0.25) is 10.0 Å². The molecule has 5 nitrogen and oxygen atoms in total. The monoisotopic (exact) mass is 380 g/mol. The number of carbonyl (C=O) groups excluding carboxylic acids is 1. The van der Waals surface area contributed by atoms with E-state index in [9.17, 15) is 14.9 Å². The number of benzene rings is 2. The first-order valence-electron chi connectivity index (χ1n) is 6.81. The highest BCUT2D eigenvalue weighted by molar-refractivity contribution is 7.22. The number of non-ortho nitro benzene ring substituents is 1. The molecule has 1 N–H and O–H groups in total. The van der Waals surface area contributed by atoms with Crippen molar-refractivity contribution in [2.45, 2.75) is 6.92 Å². The summed E-state index contributed by atoms with van der Waals surface area (Å²) in [6, 6.07) is 9.73. The van der Waals surface area contributed by atoms with E-state index in [1.807, 2.05) is 6.92 Å². The lowest BCUT2D eigenvalue weighted by Crippen LogP contribution is -2.11. The average molecular weight is 381 g/mol. The smallest absolute Gasteiger partial charge is 0.287 e. The summed E-state index contributed by atoms with van der Waals surface area (Å²) in [7, 11) is 0. The van der Waals surface area contributed by atoms with Crippen molar-refractivity contribution in [3.8, 4) is 0 Å². The zero-order valence-electron chi connectivity index (χ0n) is 12.3. The zero-order chi connectivity index (χ0) is 17.4. The number of nitro benzene ring substituents is 1. The first kappa shape index (κ1) is 16.7. The highest BCUT2D eigenvalue weighted by Gasteiger charge is 2.23. The summed E-state index contributed by atoms with van der Waals surface area (Å²) in [5, 5.41) is 15.1. The number of thiophene rings is 1. The molecule has 0 spiro atoms. The van der Waals surface area contributed by atoms with Gasteiger partial charge in [0, 0.05) is 22.2 Å². The maximum absolute atomic E-state index is 12.6. The number of hydrogen-bond acceptors (Lipinski definition) is 4. The van der Waals surface area contributed by atoms with Gasteiger partial charge in [0.05, 0.1) is 9.95 Å². The van der Waals surface area contributed by atoms with Crippen LogP contribution in [0.3, 0.4) is 0 Å². The zero-order valence-corrected chi connectivity index (χ0v) is 14.6. The Morgan fingerprint density at radius 3 is 2.71 bits per heavy atom. The minimum Gasteiger partial charge on any atom is -0.321 e. The number of aryl methyl sites for hydroxylation is 1. The third kappa shape index (κ3) is 2.96. The number of hydrogen-bond donors (Lipinski definition) is 1. The molecule has 0 aliphatic heterocycles. The lowest BCUT2D eigenvalue weighted by molar-refractivity contribution is -0.382. The van der Waals surface area contributed by atoms with Crippen LogP contribution in [0.25, 0.3) is 10.1 Å². The van der Waals surface area contributed by atoms with Crippen molar-refractivity contribution in [1.82, 2.24) is 0 Å². The summed E-state index contributed by atoms with van der Waals surface area (Å²) < 4.78 is 0.375. The highest BCUT2D eigenvalue weighted by Crippen LogP contribution is 2.40. The Morgan fingerprint density at radius 2 is 2.00 bits per heavy atom. The molecule has 0 bridgehead atoms. The van der Waals surface area contributed by atoms with Gasteiger partial charge in [0.2, 0.25) is 0 Å². The van der Waals surface area contributed by atoms with Crippen LogP contribution in [0.5, 0.6) is 0 Å². The molecule has 1 heterocycles. The second-order valence-electron chi connectivity index (χ2n) is 5.07. The van der Waals surface area contributed by atoms with Crippen molar-refractivity contribution in [2.75, 3.05) is 5.32 Å². The fraction of sp³-hybridized carbons (Fsp3) is 0.0625. The van der Waals surface area contributed by atoms with Crippen LogP contribution in [0.15, 0.2) is 36.4 Å². The molecule has 0 unspecified atom stereocenters. The number of nitro groups is 1. The maximum atomic E-state index is 12.6. The largest absolute Gasteiger partial charge is 0.321 e. The molecule has 2 aromatic carbocycles. The normalized spacial score (nSPS) is 10.8. The predicted octanol–water partition coefficient (Wildman–Crippen LogP) is 5.68. The molecule has 3 rings (SSSR count). The predicted molar refractivity (Wildman–Crippen MR) is 97.6 cm³/mol. The van der Waals surface area contributed by atoms with E-state index in [2.05, 4.69) is 5.32 Å². The van der Waals surface area contributed by atoms with Gasteiger partial charge in [0.25, 0.3) is 11.6 Å². The van der Waals surface area contributed by atoms with Crippen LogP contribution in [0.1, 0.15) is 15.2 Å².